The van der Waals surface area contributed by atoms with Crippen LogP contribution >= 0.6 is 0 Å². The van der Waals surface area contributed by atoms with Gasteiger partial charge in [-0.15, -0.1) is 0 Å². The molecule has 5 atom stereocenters. The normalized spacial score (nSPS) is 28.4. The highest BCUT2D eigenvalue weighted by Gasteiger charge is 2.45. The predicted molar refractivity (Wildman–Crippen MR) is 105 cm³/mol. The lowest BCUT2D eigenvalue weighted by atomic mass is 9.99. The number of hydrogen-bond donors (Lipinski definition) is 7. The lowest BCUT2D eigenvalue weighted by Gasteiger charge is -2.39. The van der Waals surface area contributed by atoms with Gasteiger partial charge in [-0.05, 0) is 23.8 Å². The summed E-state index contributed by atoms with van der Waals surface area (Å²) in [4.78, 5) is 12.6. The first-order valence-electron chi connectivity index (χ1n) is 9.50. The number of aromatic hydroxyl groups is 3. The van der Waals surface area contributed by atoms with E-state index in [2.05, 4.69) is 0 Å². The molecule has 0 bridgehead atoms. The molecule has 1 fully saturated rings. The predicted octanol–water partition coefficient (Wildman–Crippen LogP) is -0.402. The standard InChI is InChI=1S/C21H20O11/c22-7-15-18(27)19(28)20(29)21(32-15)30-9-5-12(25)16-13(6-9)31-14(17(16)26)4-8-1-2-10(23)11(24)3-8/h1-6,15,18-25,27-29H,7H2/t15?,18-,19+,20?,21-/m1/s1. The van der Waals surface area contributed by atoms with Gasteiger partial charge in [0.05, 0.1) is 6.61 Å². The van der Waals surface area contributed by atoms with E-state index in [0.717, 1.165) is 6.07 Å². The van der Waals surface area contributed by atoms with Gasteiger partial charge in [0, 0.05) is 12.1 Å². The summed E-state index contributed by atoms with van der Waals surface area (Å²) in [5.41, 5.74) is 0.217. The number of Topliss-reactive ketones (excluding diaryl/α,β-unsaturated/α-hetero) is 1. The van der Waals surface area contributed by atoms with E-state index in [1.807, 2.05) is 0 Å². The van der Waals surface area contributed by atoms with Crippen LogP contribution in [0, 0.1) is 0 Å². The van der Waals surface area contributed by atoms with Crippen LogP contribution in [-0.2, 0) is 4.74 Å². The molecule has 2 aliphatic heterocycles. The minimum Gasteiger partial charge on any atom is -0.507 e. The summed E-state index contributed by atoms with van der Waals surface area (Å²) in [6.45, 7) is -0.640. The number of hydrogen-bond acceptors (Lipinski definition) is 11. The van der Waals surface area contributed by atoms with Crippen molar-refractivity contribution in [3.05, 3.63) is 47.2 Å². The molecular weight excluding hydrogens is 428 g/mol. The molecule has 32 heavy (non-hydrogen) atoms. The number of rotatable bonds is 4. The summed E-state index contributed by atoms with van der Waals surface area (Å²) in [6.07, 6.45) is -6.24. The number of aliphatic hydroxyl groups excluding tert-OH is 4. The largest absolute Gasteiger partial charge is 0.507 e. The number of phenolic OH excluding ortho intramolecular Hbond substituents is 3. The number of phenols is 3. The van der Waals surface area contributed by atoms with E-state index in [1.54, 1.807) is 0 Å². The molecule has 2 aromatic rings. The van der Waals surface area contributed by atoms with Crippen LogP contribution in [0.1, 0.15) is 15.9 Å². The molecule has 11 heteroatoms. The summed E-state index contributed by atoms with van der Waals surface area (Å²) >= 11 is 0. The molecule has 0 radical (unpaired) electrons. The lowest BCUT2D eigenvalue weighted by molar-refractivity contribution is -0.277. The van der Waals surface area contributed by atoms with Crippen molar-refractivity contribution in [2.24, 2.45) is 0 Å². The summed E-state index contributed by atoms with van der Waals surface area (Å²) in [7, 11) is 0. The van der Waals surface area contributed by atoms with E-state index in [9.17, 15) is 40.5 Å². The van der Waals surface area contributed by atoms with Gasteiger partial charge in [-0.1, -0.05) is 6.07 Å². The van der Waals surface area contributed by atoms with Crippen molar-refractivity contribution in [1.82, 2.24) is 0 Å². The zero-order valence-electron chi connectivity index (χ0n) is 16.3. The van der Waals surface area contributed by atoms with Gasteiger partial charge in [-0.2, -0.15) is 0 Å². The monoisotopic (exact) mass is 448 g/mol. The molecule has 2 aromatic carbocycles. The van der Waals surface area contributed by atoms with Crippen LogP contribution in [0.2, 0.25) is 0 Å². The minimum absolute atomic E-state index is 0.0520. The summed E-state index contributed by atoms with van der Waals surface area (Å²) in [5, 5.41) is 68.4. The van der Waals surface area contributed by atoms with Crippen LogP contribution in [0.5, 0.6) is 28.7 Å². The van der Waals surface area contributed by atoms with E-state index in [0.29, 0.717) is 5.56 Å². The molecule has 170 valence electrons. The second-order valence-electron chi connectivity index (χ2n) is 7.32. The quantitative estimate of drug-likeness (QED) is 0.238. The van der Waals surface area contributed by atoms with Crippen LogP contribution in [0.25, 0.3) is 6.08 Å². The SMILES string of the molecule is O=C1C(=Cc2ccc(O)c(O)c2)Oc2cc(O[C@@H]3OC(CO)[C@@H](O)[C@H](O)C3O)cc(O)c21. The third-order valence-electron chi connectivity index (χ3n) is 5.12. The van der Waals surface area contributed by atoms with E-state index >= 15 is 0 Å². The number of fused-ring (bicyclic) bond motifs is 1. The van der Waals surface area contributed by atoms with E-state index in [4.69, 9.17) is 14.2 Å². The Morgan fingerprint density at radius 3 is 2.38 bits per heavy atom. The average molecular weight is 448 g/mol. The molecule has 2 unspecified atom stereocenters. The van der Waals surface area contributed by atoms with Crippen LogP contribution in [0.4, 0.5) is 0 Å². The number of carbonyl (C=O) groups is 1. The first kappa shape index (κ1) is 21.9. The number of benzene rings is 2. The van der Waals surface area contributed by atoms with Crippen molar-refractivity contribution in [2.45, 2.75) is 30.7 Å². The number of carbonyl (C=O) groups excluding carboxylic acids is 1. The van der Waals surface area contributed by atoms with Crippen LogP contribution in [0.15, 0.2) is 36.1 Å². The molecule has 2 heterocycles. The van der Waals surface area contributed by atoms with Crippen molar-refractivity contribution in [3.8, 4) is 28.7 Å². The summed E-state index contributed by atoms with van der Waals surface area (Å²) < 4.78 is 16.2. The fourth-order valence-corrected chi connectivity index (χ4v) is 3.42. The van der Waals surface area contributed by atoms with Crippen LogP contribution < -0.4 is 9.47 Å². The van der Waals surface area contributed by atoms with Crippen molar-refractivity contribution in [3.63, 3.8) is 0 Å². The first-order valence-corrected chi connectivity index (χ1v) is 9.50. The Morgan fingerprint density at radius 2 is 1.69 bits per heavy atom. The van der Waals surface area contributed by atoms with Gasteiger partial charge in [-0.25, -0.2) is 0 Å². The Kier molecular flexibility index (Phi) is 5.67. The fourth-order valence-electron chi connectivity index (χ4n) is 3.42. The lowest BCUT2D eigenvalue weighted by Crippen LogP contribution is -2.60. The van der Waals surface area contributed by atoms with Crippen molar-refractivity contribution in [2.75, 3.05) is 6.61 Å². The van der Waals surface area contributed by atoms with Gasteiger partial charge in [0.15, 0.2) is 17.3 Å². The molecular formula is C21H20O11. The molecule has 11 nitrogen and oxygen atoms in total. The number of ether oxygens (including phenoxy) is 3. The zero-order valence-corrected chi connectivity index (χ0v) is 16.3. The minimum atomic E-state index is -1.66. The molecule has 4 rings (SSSR count). The Labute approximate surface area is 180 Å². The first-order chi connectivity index (χ1) is 15.2. The van der Waals surface area contributed by atoms with Crippen LogP contribution in [-0.4, -0.2) is 78.8 Å². The summed E-state index contributed by atoms with van der Waals surface area (Å²) in [6, 6.07) is 6.23. The third kappa shape index (κ3) is 3.83. The van der Waals surface area contributed by atoms with E-state index < -0.39 is 48.8 Å². The molecule has 0 aliphatic carbocycles. The molecule has 0 aromatic heterocycles. The fraction of sp³-hybridized carbons (Fsp3) is 0.286. The van der Waals surface area contributed by atoms with E-state index in [-0.39, 0.29) is 34.3 Å². The number of allylic oxidation sites excluding steroid dienone is 1. The highest BCUT2D eigenvalue weighted by molar-refractivity contribution is 6.16. The maximum absolute atomic E-state index is 12.6. The second-order valence-corrected chi connectivity index (χ2v) is 7.32. The number of aliphatic hydroxyl groups is 4. The summed E-state index contributed by atoms with van der Waals surface area (Å²) in [5.74, 6) is -2.13. The molecule has 0 spiro atoms. The van der Waals surface area contributed by atoms with Crippen LogP contribution in [0.3, 0.4) is 0 Å². The van der Waals surface area contributed by atoms with Gasteiger partial charge in [0.2, 0.25) is 12.1 Å². The maximum atomic E-state index is 12.6. The molecule has 7 N–H and O–H groups in total. The van der Waals surface area contributed by atoms with Crippen molar-refractivity contribution < 1.29 is 54.8 Å². The molecule has 0 saturated carbocycles. The number of ketones is 1. The Balaban J connectivity index is 1.58. The molecule has 2 aliphatic rings. The maximum Gasteiger partial charge on any atom is 0.235 e. The smallest absolute Gasteiger partial charge is 0.235 e. The third-order valence-corrected chi connectivity index (χ3v) is 5.12. The van der Waals surface area contributed by atoms with Gasteiger partial charge in [0.25, 0.3) is 0 Å². The average Bonchev–Trinajstić information content (AvgIpc) is 3.06. The van der Waals surface area contributed by atoms with Gasteiger partial charge in [0.1, 0.15) is 47.2 Å². The second kappa shape index (κ2) is 8.30. The zero-order chi connectivity index (χ0) is 23.2. The topological polar surface area (TPSA) is 186 Å². The van der Waals surface area contributed by atoms with Crippen molar-refractivity contribution in [1.29, 1.82) is 0 Å². The van der Waals surface area contributed by atoms with Gasteiger partial charge >= 0.3 is 0 Å². The van der Waals surface area contributed by atoms with Gasteiger partial charge < -0.3 is 50.0 Å². The molecule has 1 saturated heterocycles. The molecule has 0 amide bonds. The highest BCUT2D eigenvalue weighted by Crippen LogP contribution is 2.42. The highest BCUT2D eigenvalue weighted by atomic mass is 16.7. The van der Waals surface area contributed by atoms with Gasteiger partial charge in [-0.3, -0.25) is 4.79 Å². The Morgan fingerprint density at radius 1 is 0.938 bits per heavy atom. The Hall–Kier alpha value is -3.35. The van der Waals surface area contributed by atoms with E-state index in [1.165, 1.54) is 30.3 Å². The van der Waals surface area contributed by atoms with Crippen molar-refractivity contribution >= 4 is 11.9 Å². The Bertz CT molecular complexity index is 1080.